The van der Waals surface area contributed by atoms with Crippen LogP contribution in [0.2, 0.25) is 0 Å². The van der Waals surface area contributed by atoms with Crippen molar-refractivity contribution in [3.8, 4) is 5.75 Å². The number of ether oxygens (including phenoxy) is 2. The molecular weight excluding hydrogens is 340 g/mol. The van der Waals surface area contributed by atoms with Crippen LogP contribution in [-0.4, -0.2) is 24.2 Å². The summed E-state index contributed by atoms with van der Waals surface area (Å²) in [5.74, 6) is -1.29. The molecular formula is C19H14O7. The number of aromatic carboxylic acids is 1. The van der Waals surface area contributed by atoms with E-state index in [0.717, 1.165) is 5.56 Å². The number of hydrogen-bond donors (Lipinski definition) is 1. The molecule has 2 aromatic carbocycles. The number of benzene rings is 2. The van der Waals surface area contributed by atoms with Crippen molar-refractivity contribution >= 4 is 22.9 Å². The molecule has 0 aliphatic heterocycles. The van der Waals surface area contributed by atoms with E-state index in [1.54, 1.807) is 36.4 Å². The average Bonchev–Trinajstić information content (AvgIpc) is 2.65. The van der Waals surface area contributed by atoms with Gasteiger partial charge in [-0.05, 0) is 35.9 Å². The van der Waals surface area contributed by atoms with E-state index in [-0.39, 0.29) is 12.2 Å². The van der Waals surface area contributed by atoms with Gasteiger partial charge in [-0.1, -0.05) is 12.1 Å². The van der Waals surface area contributed by atoms with Gasteiger partial charge in [-0.3, -0.25) is 0 Å². The topological polar surface area (TPSA) is 103 Å². The second kappa shape index (κ2) is 7.10. The van der Waals surface area contributed by atoms with Crippen LogP contribution in [0.1, 0.15) is 26.3 Å². The third-order valence-corrected chi connectivity index (χ3v) is 3.72. The minimum atomic E-state index is -1.34. The molecule has 0 radical (unpaired) electrons. The maximum Gasteiger partial charge on any atom is 0.351 e. The fourth-order valence-electron chi connectivity index (χ4n) is 2.35. The highest BCUT2D eigenvalue weighted by atomic mass is 16.5. The predicted molar refractivity (Wildman–Crippen MR) is 91.6 cm³/mol. The molecule has 0 aliphatic carbocycles. The molecule has 3 aromatic rings. The normalized spacial score (nSPS) is 10.5. The quantitative estimate of drug-likeness (QED) is 0.555. The first kappa shape index (κ1) is 17.2. The lowest BCUT2D eigenvalue weighted by atomic mass is 10.1. The Kier molecular flexibility index (Phi) is 4.70. The largest absolute Gasteiger partial charge is 0.489 e. The summed E-state index contributed by atoms with van der Waals surface area (Å²) in [6, 6.07) is 12.8. The van der Waals surface area contributed by atoms with Crippen molar-refractivity contribution in [2.24, 2.45) is 0 Å². The fourth-order valence-corrected chi connectivity index (χ4v) is 2.35. The molecule has 7 nitrogen and oxygen atoms in total. The zero-order valence-corrected chi connectivity index (χ0v) is 13.7. The van der Waals surface area contributed by atoms with Crippen LogP contribution in [0.5, 0.6) is 5.75 Å². The van der Waals surface area contributed by atoms with Gasteiger partial charge >= 0.3 is 17.6 Å². The first-order chi connectivity index (χ1) is 12.5. The highest BCUT2D eigenvalue weighted by molar-refractivity contribution is 5.91. The van der Waals surface area contributed by atoms with Gasteiger partial charge in [-0.15, -0.1) is 0 Å². The van der Waals surface area contributed by atoms with Crippen LogP contribution in [0.4, 0.5) is 0 Å². The Hall–Kier alpha value is -3.61. The Bertz CT molecular complexity index is 1030. The van der Waals surface area contributed by atoms with Gasteiger partial charge in [-0.2, -0.15) is 0 Å². The molecule has 1 aromatic heterocycles. The molecule has 7 heteroatoms. The lowest BCUT2D eigenvalue weighted by molar-refractivity contribution is 0.0599. The van der Waals surface area contributed by atoms with E-state index in [1.807, 2.05) is 0 Å². The number of esters is 1. The summed E-state index contributed by atoms with van der Waals surface area (Å²) in [4.78, 5) is 34.0. The van der Waals surface area contributed by atoms with Gasteiger partial charge in [0.15, 0.2) is 0 Å². The minimum Gasteiger partial charge on any atom is -0.489 e. The molecule has 0 fully saturated rings. The number of methoxy groups -OCH3 is 1. The Morgan fingerprint density at radius 2 is 1.81 bits per heavy atom. The zero-order chi connectivity index (χ0) is 18.7. The summed E-state index contributed by atoms with van der Waals surface area (Å²) in [6.07, 6.45) is 0. The highest BCUT2D eigenvalue weighted by Crippen LogP contribution is 2.21. The maximum atomic E-state index is 11.7. The third kappa shape index (κ3) is 3.56. The summed E-state index contributed by atoms with van der Waals surface area (Å²) in [5, 5.41) is 9.43. The Balaban J connectivity index is 1.77. The van der Waals surface area contributed by atoms with Crippen LogP contribution >= 0.6 is 0 Å². The van der Waals surface area contributed by atoms with Crippen molar-refractivity contribution in [3.05, 3.63) is 75.6 Å². The van der Waals surface area contributed by atoms with E-state index < -0.39 is 23.1 Å². The molecule has 3 rings (SSSR count). The molecule has 0 spiro atoms. The summed E-state index contributed by atoms with van der Waals surface area (Å²) < 4.78 is 15.3. The van der Waals surface area contributed by atoms with E-state index in [4.69, 9.17) is 14.3 Å². The minimum absolute atomic E-state index is 0.235. The molecule has 0 amide bonds. The first-order valence-corrected chi connectivity index (χ1v) is 7.59. The van der Waals surface area contributed by atoms with Crippen LogP contribution < -0.4 is 10.4 Å². The average molecular weight is 354 g/mol. The lowest BCUT2D eigenvalue weighted by Gasteiger charge is -2.08. The van der Waals surface area contributed by atoms with Crippen molar-refractivity contribution in [3.63, 3.8) is 0 Å². The SMILES string of the molecule is COC(=O)c1ccc(COc2ccc3cc(C(=O)O)c(=O)oc3c2)cc1. The zero-order valence-electron chi connectivity index (χ0n) is 13.7. The highest BCUT2D eigenvalue weighted by Gasteiger charge is 2.12. The van der Waals surface area contributed by atoms with E-state index in [2.05, 4.69) is 4.74 Å². The van der Waals surface area contributed by atoms with E-state index in [9.17, 15) is 14.4 Å². The maximum absolute atomic E-state index is 11.7. The molecule has 0 unspecified atom stereocenters. The second-order valence-electron chi connectivity index (χ2n) is 5.43. The Morgan fingerprint density at radius 1 is 1.08 bits per heavy atom. The van der Waals surface area contributed by atoms with Crippen LogP contribution in [-0.2, 0) is 11.3 Å². The fraction of sp³-hybridized carbons (Fsp3) is 0.105. The molecule has 0 aliphatic rings. The molecule has 1 N–H and O–H groups in total. The number of carboxylic acids is 1. The van der Waals surface area contributed by atoms with Crippen LogP contribution in [0.25, 0.3) is 11.0 Å². The Labute approximate surface area is 147 Å². The van der Waals surface area contributed by atoms with E-state index in [0.29, 0.717) is 16.7 Å². The number of carbonyl (C=O) groups is 2. The first-order valence-electron chi connectivity index (χ1n) is 7.59. The summed E-state index contributed by atoms with van der Waals surface area (Å²) in [6.45, 7) is 0.240. The number of rotatable bonds is 5. The van der Waals surface area contributed by atoms with Crippen molar-refractivity contribution in [1.29, 1.82) is 0 Å². The summed E-state index contributed by atoms with van der Waals surface area (Å²) >= 11 is 0. The van der Waals surface area contributed by atoms with Gasteiger partial charge in [0.2, 0.25) is 0 Å². The van der Waals surface area contributed by atoms with Crippen LogP contribution in [0.3, 0.4) is 0 Å². The predicted octanol–water partition coefficient (Wildman–Crippen LogP) is 2.86. The molecule has 0 bridgehead atoms. The van der Waals surface area contributed by atoms with Crippen LogP contribution in [0, 0.1) is 0 Å². The van der Waals surface area contributed by atoms with Gasteiger partial charge in [0.1, 0.15) is 23.5 Å². The molecule has 1 heterocycles. The van der Waals surface area contributed by atoms with Crippen molar-refractivity contribution in [2.45, 2.75) is 6.61 Å². The number of carbonyl (C=O) groups excluding carboxylic acids is 1. The molecule has 26 heavy (non-hydrogen) atoms. The van der Waals surface area contributed by atoms with Gasteiger partial charge in [0.05, 0.1) is 12.7 Å². The summed E-state index contributed by atoms with van der Waals surface area (Å²) in [7, 11) is 1.32. The number of fused-ring (bicyclic) bond motifs is 1. The molecule has 0 saturated carbocycles. The molecule has 0 atom stereocenters. The van der Waals surface area contributed by atoms with Crippen molar-refractivity contribution in [2.75, 3.05) is 7.11 Å². The molecule has 0 saturated heterocycles. The van der Waals surface area contributed by atoms with Crippen molar-refractivity contribution in [1.82, 2.24) is 0 Å². The number of hydrogen-bond acceptors (Lipinski definition) is 6. The van der Waals surface area contributed by atoms with Gasteiger partial charge < -0.3 is 19.0 Å². The van der Waals surface area contributed by atoms with Crippen molar-refractivity contribution < 1.29 is 28.6 Å². The third-order valence-electron chi connectivity index (χ3n) is 3.72. The van der Waals surface area contributed by atoms with Gasteiger partial charge in [0, 0.05) is 11.5 Å². The van der Waals surface area contributed by atoms with E-state index in [1.165, 1.54) is 19.2 Å². The van der Waals surface area contributed by atoms with Crippen LogP contribution in [0.15, 0.2) is 57.7 Å². The number of carboxylic acid groups (broad SMARTS) is 1. The molecule has 132 valence electrons. The Morgan fingerprint density at radius 3 is 2.46 bits per heavy atom. The monoisotopic (exact) mass is 354 g/mol. The summed E-state index contributed by atoms with van der Waals surface area (Å²) in [5.41, 5.74) is 0.175. The lowest BCUT2D eigenvalue weighted by Crippen LogP contribution is -2.12. The second-order valence-corrected chi connectivity index (χ2v) is 5.43. The smallest absolute Gasteiger partial charge is 0.351 e. The van der Waals surface area contributed by atoms with Gasteiger partial charge in [0.25, 0.3) is 0 Å². The van der Waals surface area contributed by atoms with E-state index >= 15 is 0 Å². The van der Waals surface area contributed by atoms with Gasteiger partial charge in [-0.25, -0.2) is 14.4 Å². The standard InChI is InChI=1S/C19H14O7/c1-24-18(22)12-4-2-11(3-5-12)10-25-14-7-6-13-8-15(17(20)21)19(23)26-16(13)9-14/h2-9H,10H2,1H3,(H,20,21).